The first-order chi connectivity index (χ1) is 16.0. The second kappa shape index (κ2) is 7.94. The monoisotopic (exact) mass is 444 g/mol. The van der Waals surface area contributed by atoms with Gasteiger partial charge in [-0.05, 0) is 61.0 Å². The number of nitrogens with zero attached hydrogens (tertiary/aromatic N) is 2. The normalized spacial score (nSPS) is 24.2. The lowest BCUT2D eigenvalue weighted by Crippen LogP contribution is -2.41. The Bertz CT molecular complexity index is 1180. The van der Waals surface area contributed by atoms with Crippen LogP contribution in [0.4, 0.5) is 11.4 Å². The predicted molar refractivity (Wildman–Crippen MR) is 123 cm³/mol. The van der Waals surface area contributed by atoms with Gasteiger partial charge in [0.15, 0.2) is 6.10 Å². The zero-order valence-corrected chi connectivity index (χ0v) is 18.6. The van der Waals surface area contributed by atoms with E-state index in [0.717, 1.165) is 11.3 Å². The largest absolute Gasteiger partial charge is 0.497 e. The third kappa shape index (κ3) is 3.15. The van der Waals surface area contributed by atoms with E-state index in [2.05, 4.69) is 0 Å². The van der Waals surface area contributed by atoms with E-state index in [9.17, 15) is 9.59 Å². The summed E-state index contributed by atoms with van der Waals surface area (Å²) in [5, 5.41) is 1.69. The number of hydrogen-bond donors (Lipinski definition) is 0. The van der Waals surface area contributed by atoms with E-state index in [0.29, 0.717) is 17.2 Å². The fourth-order valence-electron chi connectivity index (χ4n) is 4.69. The van der Waals surface area contributed by atoms with Crippen LogP contribution in [0.3, 0.4) is 0 Å². The number of carbonyl (C=O) groups is 2. The Kier molecular flexibility index (Phi) is 5.06. The summed E-state index contributed by atoms with van der Waals surface area (Å²) in [6.45, 7) is 1.80. The van der Waals surface area contributed by atoms with Gasteiger partial charge in [-0.25, -0.2) is 9.96 Å². The maximum absolute atomic E-state index is 13.9. The molecule has 0 saturated carbocycles. The zero-order valence-electron chi connectivity index (χ0n) is 18.6. The number of amides is 2. The molecule has 2 heterocycles. The lowest BCUT2D eigenvalue weighted by atomic mass is 9.76. The molecule has 3 atom stereocenters. The quantitative estimate of drug-likeness (QED) is 0.551. The Morgan fingerprint density at radius 2 is 1.36 bits per heavy atom. The number of benzene rings is 3. The molecule has 5 rings (SSSR count). The number of fused-ring (bicyclic) bond motifs is 1. The van der Waals surface area contributed by atoms with Crippen molar-refractivity contribution < 1.29 is 23.9 Å². The highest BCUT2D eigenvalue weighted by molar-refractivity contribution is 6.25. The van der Waals surface area contributed by atoms with Crippen molar-refractivity contribution in [2.24, 2.45) is 5.41 Å². The fraction of sp³-hybridized carbons (Fsp3) is 0.231. The van der Waals surface area contributed by atoms with Crippen LogP contribution in [-0.4, -0.2) is 32.1 Å². The molecule has 0 radical (unpaired) electrons. The van der Waals surface area contributed by atoms with Gasteiger partial charge in [0.2, 0.25) is 5.91 Å². The first kappa shape index (κ1) is 21.0. The summed E-state index contributed by atoms with van der Waals surface area (Å²) in [6.07, 6.45) is -0.959. The number of para-hydroxylation sites is 1. The average molecular weight is 444 g/mol. The molecule has 2 amide bonds. The molecule has 2 saturated heterocycles. The summed E-state index contributed by atoms with van der Waals surface area (Å²) < 4.78 is 10.5. The molecule has 7 nitrogen and oxygen atoms in total. The third-order valence-corrected chi connectivity index (χ3v) is 6.45. The minimum atomic E-state index is -1.14. The lowest BCUT2D eigenvalue weighted by molar-refractivity contribution is -0.128. The minimum absolute atomic E-state index is 0.304. The lowest BCUT2D eigenvalue weighted by Gasteiger charge is -2.32. The summed E-state index contributed by atoms with van der Waals surface area (Å²) in [5.74, 6) is 0.665. The first-order valence-electron chi connectivity index (χ1n) is 10.7. The van der Waals surface area contributed by atoms with E-state index >= 15 is 0 Å². The van der Waals surface area contributed by atoms with Gasteiger partial charge in [0.25, 0.3) is 5.91 Å². The van der Waals surface area contributed by atoms with Crippen molar-refractivity contribution in [3.63, 3.8) is 0 Å². The van der Waals surface area contributed by atoms with E-state index in [-0.39, 0.29) is 11.8 Å². The topological polar surface area (TPSA) is 68.3 Å². The van der Waals surface area contributed by atoms with E-state index in [1.807, 2.05) is 54.6 Å². The predicted octanol–water partition coefficient (Wildman–Crippen LogP) is 4.15. The summed E-state index contributed by atoms with van der Waals surface area (Å²) in [5.41, 5.74) is 0.972. The number of anilines is 2. The molecule has 0 aromatic heterocycles. The van der Waals surface area contributed by atoms with E-state index < -0.39 is 17.6 Å². The van der Waals surface area contributed by atoms with Crippen molar-refractivity contribution in [1.29, 1.82) is 0 Å². The van der Waals surface area contributed by atoms with Crippen molar-refractivity contribution in [3.05, 3.63) is 84.4 Å². The van der Waals surface area contributed by atoms with E-state index in [4.69, 9.17) is 14.3 Å². The average Bonchev–Trinajstić information content (AvgIpc) is 3.28. The minimum Gasteiger partial charge on any atom is -0.497 e. The van der Waals surface area contributed by atoms with Gasteiger partial charge in [0.05, 0.1) is 31.6 Å². The summed E-state index contributed by atoms with van der Waals surface area (Å²) in [7, 11) is 3.17. The van der Waals surface area contributed by atoms with Crippen molar-refractivity contribution >= 4 is 23.2 Å². The molecular weight excluding hydrogens is 420 g/mol. The van der Waals surface area contributed by atoms with Crippen LogP contribution in [0.15, 0.2) is 78.9 Å². The van der Waals surface area contributed by atoms with E-state index in [1.165, 1.54) is 4.90 Å². The molecule has 2 aliphatic rings. The van der Waals surface area contributed by atoms with Crippen LogP contribution in [0.1, 0.15) is 18.5 Å². The van der Waals surface area contributed by atoms with Gasteiger partial charge >= 0.3 is 0 Å². The second-order valence-electron chi connectivity index (χ2n) is 8.28. The number of hydrogen-bond acceptors (Lipinski definition) is 6. The number of imide groups is 1. The highest BCUT2D eigenvalue weighted by Crippen LogP contribution is 2.55. The van der Waals surface area contributed by atoms with Gasteiger partial charge in [-0.15, -0.1) is 0 Å². The van der Waals surface area contributed by atoms with Gasteiger partial charge in [-0.3, -0.25) is 14.4 Å². The van der Waals surface area contributed by atoms with Crippen molar-refractivity contribution in [1.82, 2.24) is 0 Å². The van der Waals surface area contributed by atoms with Crippen LogP contribution < -0.4 is 19.4 Å². The highest BCUT2D eigenvalue weighted by Gasteiger charge is 2.68. The Labute approximate surface area is 192 Å². The molecule has 0 N–H and O–H groups in total. The Morgan fingerprint density at radius 3 is 1.94 bits per heavy atom. The molecule has 168 valence electrons. The Balaban J connectivity index is 1.60. The number of rotatable bonds is 5. The van der Waals surface area contributed by atoms with E-state index in [1.54, 1.807) is 50.5 Å². The number of methoxy groups -OCH3 is 2. The number of ether oxygens (including phenoxy) is 2. The third-order valence-electron chi connectivity index (χ3n) is 6.45. The summed E-state index contributed by atoms with van der Waals surface area (Å²) in [4.78, 5) is 34.9. The van der Waals surface area contributed by atoms with Crippen LogP contribution in [-0.2, 0) is 14.4 Å². The smallest absolute Gasteiger partial charge is 0.266 e. The second-order valence-corrected chi connectivity index (χ2v) is 8.28. The molecule has 0 aliphatic carbocycles. The summed E-state index contributed by atoms with van der Waals surface area (Å²) >= 11 is 0. The molecule has 0 spiro atoms. The number of carbonyl (C=O) groups excluding carboxylic acids is 2. The molecule has 3 aromatic rings. The van der Waals surface area contributed by atoms with Gasteiger partial charge in [-0.2, -0.15) is 0 Å². The van der Waals surface area contributed by atoms with Crippen LogP contribution in [0.2, 0.25) is 0 Å². The van der Waals surface area contributed by atoms with Crippen molar-refractivity contribution in [2.45, 2.75) is 19.1 Å². The summed E-state index contributed by atoms with van der Waals surface area (Å²) in [6, 6.07) is 23.3. The molecule has 0 unspecified atom stereocenters. The molecule has 2 aliphatic heterocycles. The van der Waals surface area contributed by atoms with Crippen LogP contribution >= 0.6 is 0 Å². The molecule has 3 aromatic carbocycles. The standard InChI is InChI=1S/C26H24N2O5/c1-26-22(17-9-13-20(31-2)14-10-17)28(19-7-5-4-6-8-19)33-23(26)24(29)27(25(26)30)18-11-15-21(32-3)16-12-18/h4-16,22-23H,1-3H3/t22-,23+,26-/m0/s1. The molecule has 2 fully saturated rings. The van der Waals surface area contributed by atoms with Crippen molar-refractivity contribution in [2.75, 3.05) is 24.2 Å². The van der Waals surface area contributed by atoms with Crippen LogP contribution in [0, 0.1) is 5.41 Å². The SMILES string of the molecule is COc1ccc([C@@H]2N(c3ccccc3)O[C@@H]3C(=O)N(c4ccc(OC)cc4)C(=O)[C@]32C)cc1. The zero-order chi connectivity index (χ0) is 23.2. The van der Waals surface area contributed by atoms with Gasteiger partial charge in [-0.1, -0.05) is 30.3 Å². The Morgan fingerprint density at radius 1 is 0.788 bits per heavy atom. The highest BCUT2D eigenvalue weighted by atomic mass is 16.7. The van der Waals surface area contributed by atoms with Gasteiger partial charge in [0.1, 0.15) is 16.9 Å². The molecule has 7 heteroatoms. The van der Waals surface area contributed by atoms with Gasteiger partial charge in [0, 0.05) is 0 Å². The van der Waals surface area contributed by atoms with Crippen LogP contribution in [0.25, 0.3) is 0 Å². The fourth-order valence-corrected chi connectivity index (χ4v) is 4.69. The molecule has 33 heavy (non-hydrogen) atoms. The van der Waals surface area contributed by atoms with Crippen molar-refractivity contribution in [3.8, 4) is 11.5 Å². The van der Waals surface area contributed by atoms with Gasteiger partial charge < -0.3 is 9.47 Å². The molecular formula is C26H24N2O5. The Hall–Kier alpha value is -3.84. The number of hydroxylamine groups is 1. The molecule has 0 bridgehead atoms. The maximum Gasteiger partial charge on any atom is 0.266 e. The van der Waals surface area contributed by atoms with Crippen LogP contribution in [0.5, 0.6) is 11.5 Å². The first-order valence-corrected chi connectivity index (χ1v) is 10.7. The maximum atomic E-state index is 13.9.